The van der Waals surface area contributed by atoms with Crippen LogP contribution >= 0.6 is 0 Å². The third-order valence-electron chi connectivity index (χ3n) is 4.78. The summed E-state index contributed by atoms with van der Waals surface area (Å²) >= 11 is 0. The molecule has 2 amide bonds. The summed E-state index contributed by atoms with van der Waals surface area (Å²) in [6.45, 7) is 8.16. The van der Waals surface area contributed by atoms with Gasteiger partial charge in [0.1, 0.15) is 5.82 Å². The number of anilines is 1. The lowest BCUT2D eigenvalue weighted by molar-refractivity contribution is -0.139. The highest BCUT2D eigenvalue weighted by Gasteiger charge is 2.25. The van der Waals surface area contributed by atoms with Crippen LogP contribution in [-0.2, 0) is 9.59 Å². The van der Waals surface area contributed by atoms with Crippen LogP contribution in [0.25, 0.3) is 0 Å². The van der Waals surface area contributed by atoms with Gasteiger partial charge in [0.25, 0.3) is 0 Å². The van der Waals surface area contributed by atoms with Crippen LogP contribution in [-0.4, -0.2) is 90.4 Å². The Morgan fingerprint density at radius 1 is 0.958 bits per heavy atom. The molecule has 0 saturated carbocycles. The second-order valence-electron chi connectivity index (χ2n) is 6.34. The van der Waals surface area contributed by atoms with E-state index in [4.69, 9.17) is 0 Å². The molecule has 0 atom stereocenters. The fourth-order valence-electron chi connectivity index (χ4n) is 3.24. The molecule has 7 heteroatoms. The van der Waals surface area contributed by atoms with Crippen LogP contribution in [0.1, 0.15) is 6.92 Å². The van der Waals surface area contributed by atoms with Gasteiger partial charge in [-0.05, 0) is 12.1 Å². The lowest BCUT2D eigenvalue weighted by Crippen LogP contribution is -2.54. The lowest BCUT2D eigenvalue weighted by atomic mass is 10.2. The van der Waals surface area contributed by atoms with Crippen LogP contribution in [0.5, 0.6) is 0 Å². The zero-order chi connectivity index (χ0) is 16.9. The molecule has 0 radical (unpaired) electrons. The third kappa shape index (κ3) is 4.03. The van der Waals surface area contributed by atoms with Gasteiger partial charge in [0.2, 0.25) is 11.8 Å². The van der Waals surface area contributed by atoms with E-state index in [-0.39, 0.29) is 11.8 Å². The van der Waals surface area contributed by atoms with Crippen molar-refractivity contribution < 1.29 is 9.59 Å². The monoisotopic (exact) mass is 331 g/mol. The van der Waals surface area contributed by atoms with E-state index in [0.717, 1.165) is 32.0 Å². The molecule has 0 aromatic carbocycles. The summed E-state index contributed by atoms with van der Waals surface area (Å²) in [5, 5.41) is 0. The first kappa shape index (κ1) is 16.7. The number of amides is 2. The number of pyridine rings is 1. The van der Waals surface area contributed by atoms with Crippen molar-refractivity contribution in [1.82, 2.24) is 19.7 Å². The van der Waals surface area contributed by atoms with E-state index >= 15 is 0 Å². The first-order chi connectivity index (χ1) is 11.6. The zero-order valence-corrected chi connectivity index (χ0v) is 14.2. The van der Waals surface area contributed by atoms with Crippen LogP contribution in [0.3, 0.4) is 0 Å². The molecule has 3 rings (SSSR count). The smallest absolute Gasteiger partial charge is 0.236 e. The minimum Gasteiger partial charge on any atom is -0.354 e. The second kappa shape index (κ2) is 7.61. The normalized spacial score (nSPS) is 19.5. The zero-order valence-electron chi connectivity index (χ0n) is 14.2. The van der Waals surface area contributed by atoms with E-state index in [2.05, 4.69) is 14.8 Å². The summed E-state index contributed by atoms with van der Waals surface area (Å²) in [5.74, 6) is 1.26. The highest BCUT2D eigenvalue weighted by atomic mass is 16.2. The SMILES string of the molecule is CC(=O)N1CCN(C(=O)CN2CCN(c3ccccn3)CC2)CC1. The summed E-state index contributed by atoms with van der Waals surface area (Å²) in [4.78, 5) is 36.3. The molecule has 1 aromatic heterocycles. The van der Waals surface area contributed by atoms with Gasteiger partial charge in [-0.1, -0.05) is 6.07 Å². The number of carbonyl (C=O) groups excluding carboxylic acids is 2. The van der Waals surface area contributed by atoms with Crippen LogP contribution in [0, 0.1) is 0 Å². The lowest BCUT2D eigenvalue weighted by Gasteiger charge is -2.38. The third-order valence-corrected chi connectivity index (χ3v) is 4.78. The Labute approximate surface area is 142 Å². The van der Waals surface area contributed by atoms with Crippen molar-refractivity contribution in [3.8, 4) is 0 Å². The maximum atomic E-state index is 12.4. The summed E-state index contributed by atoms with van der Waals surface area (Å²) in [5.41, 5.74) is 0. The van der Waals surface area contributed by atoms with Gasteiger partial charge in [-0.15, -0.1) is 0 Å². The standard InChI is InChI=1S/C17H25N5O2/c1-15(23)20-10-12-22(13-11-20)17(24)14-19-6-8-21(9-7-19)16-4-2-3-5-18-16/h2-5H,6-14H2,1H3. The Hall–Kier alpha value is -2.15. The van der Waals surface area contributed by atoms with Crippen molar-refractivity contribution in [3.05, 3.63) is 24.4 Å². The molecular formula is C17H25N5O2. The number of nitrogens with zero attached hydrogens (tertiary/aromatic N) is 5. The topological polar surface area (TPSA) is 60.0 Å². The highest BCUT2D eigenvalue weighted by Crippen LogP contribution is 2.12. The predicted octanol–water partition coefficient (Wildman–Crippen LogP) is -0.106. The molecule has 2 fully saturated rings. The van der Waals surface area contributed by atoms with Gasteiger partial charge in [-0.3, -0.25) is 14.5 Å². The van der Waals surface area contributed by atoms with Crippen molar-refractivity contribution in [2.24, 2.45) is 0 Å². The molecule has 130 valence electrons. The summed E-state index contributed by atoms with van der Waals surface area (Å²) in [6.07, 6.45) is 1.81. The molecule has 0 N–H and O–H groups in total. The first-order valence-electron chi connectivity index (χ1n) is 8.55. The van der Waals surface area contributed by atoms with Gasteiger partial charge < -0.3 is 14.7 Å². The average Bonchev–Trinajstić information content (AvgIpc) is 2.63. The number of piperazine rings is 2. The molecule has 7 nitrogen and oxygen atoms in total. The van der Waals surface area contributed by atoms with Crippen LogP contribution in [0.4, 0.5) is 5.82 Å². The summed E-state index contributed by atoms with van der Waals surface area (Å²) in [7, 11) is 0. The number of rotatable bonds is 3. The Morgan fingerprint density at radius 2 is 1.62 bits per heavy atom. The van der Waals surface area contributed by atoms with E-state index in [1.165, 1.54) is 0 Å². The molecular weight excluding hydrogens is 306 g/mol. The molecule has 2 aliphatic heterocycles. The van der Waals surface area contributed by atoms with Gasteiger partial charge in [-0.25, -0.2) is 4.98 Å². The summed E-state index contributed by atoms with van der Waals surface area (Å²) < 4.78 is 0. The predicted molar refractivity (Wildman–Crippen MR) is 91.7 cm³/mol. The van der Waals surface area contributed by atoms with Crippen molar-refractivity contribution >= 4 is 17.6 Å². The van der Waals surface area contributed by atoms with Crippen LogP contribution < -0.4 is 4.90 Å². The Balaban J connectivity index is 1.43. The van der Waals surface area contributed by atoms with Gasteiger partial charge in [0.15, 0.2) is 0 Å². The average molecular weight is 331 g/mol. The van der Waals surface area contributed by atoms with E-state index < -0.39 is 0 Å². The van der Waals surface area contributed by atoms with Gasteiger partial charge in [0, 0.05) is 65.5 Å². The molecule has 3 heterocycles. The Bertz CT molecular complexity index is 564. The number of hydrogen-bond donors (Lipinski definition) is 0. The minimum absolute atomic E-state index is 0.0905. The first-order valence-corrected chi connectivity index (χ1v) is 8.55. The van der Waals surface area contributed by atoms with Crippen molar-refractivity contribution in [1.29, 1.82) is 0 Å². The van der Waals surface area contributed by atoms with Crippen molar-refractivity contribution in [2.45, 2.75) is 6.92 Å². The molecule has 0 aliphatic carbocycles. The van der Waals surface area contributed by atoms with E-state index in [9.17, 15) is 9.59 Å². The van der Waals surface area contributed by atoms with Crippen LogP contribution in [0.2, 0.25) is 0 Å². The van der Waals surface area contributed by atoms with E-state index in [0.29, 0.717) is 32.7 Å². The molecule has 2 saturated heterocycles. The summed E-state index contributed by atoms with van der Waals surface area (Å²) in [6, 6.07) is 5.94. The fraction of sp³-hybridized carbons (Fsp3) is 0.588. The van der Waals surface area contributed by atoms with E-state index in [1.54, 1.807) is 11.8 Å². The largest absolute Gasteiger partial charge is 0.354 e. The Morgan fingerprint density at radius 3 is 2.21 bits per heavy atom. The molecule has 0 unspecified atom stereocenters. The molecule has 2 aliphatic rings. The fourth-order valence-corrected chi connectivity index (χ4v) is 3.24. The number of aromatic nitrogens is 1. The highest BCUT2D eigenvalue weighted by molar-refractivity contribution is 5.79. The minimum atomic E-state index is 0.0905. The molecule has 0 bridgehead atoms. The van der Waals surface area contributed by atoms with Gasteiger partial charge in [-0.2, -0.15) is 0 Å². The molecule has 24 heavy (non-hydrogen) atoms. The number of hydrogen-bond acceptors (Lipinski definition) is 5. The van der Waals surface area contributed by atoms with Crippen LogP contribution in [0.15, 0.2) is 24.4 Å². The van der Waals surface area contributed by atoms with Crippen molar-refractivity contribution in [3.63, 3.8) is 0 Å². The Kier molecular flexibility index (Phi) is 5.30. The number of carbonyl (C=O) groups is 2. The van der Waals surface area contributed by atoms with Gasteiger partial charge >= 0.3 is 0 Å². The second-order valence-corrected chi connectivity index (χ2v) is 6.34. The van der Waals surface area contributed by atoms with E-state index in [1.807, 2.05) is 29.3 Å². The maximum Gasteiger partial charge on any atom is 0.236 e. The maximum absolute atomic E-state index is 12.4. The quantitative estimate of drug-likeness (QED) is 0.774. The van der Waals surface area contributed by atoms with Crippen molar-refractivity contribution in [2.75, 3.05) is 63.8 Å². The molecule has 1 aromatic rings. The molecule has 0 spiro atoms. The van der Waals surface area contributed by atoms with Gasteiger partial charge in [0.05, 0.1) is 6.54 Å².